The highest BCUT2D eigenvalue weighted by molar-refractivity contribution is 4.90. The van der Waals surface area contributed by atoms with Gasteiger partial charge in [0.15, 0.2) is 5.82 Å². The molecule has 1 aromatic heterocycles. The fourth-order valence-electron chi connectivity index (χ4n) is 2.29. The molecule has 7 nitrogen and oxygen atoms in total. The molecule has 0 spiro atoms. The molecule has 0 saturated carbocycles. The summed E-state index contributed by atoms with van der Waals surface area (Å²) in [5.41, 5.74) is 0. The largest absolute Gasteiger partial charge is 0.383 e. The molecule has 0 amide bonds. The Hall–Kier alpha value is -1.05. The van der Waals surface area contributed by atoms with Crippen LogP contribution in [0, 0.1) is 5.92 Å². The van der Waals surface area contributed by atoms with Crippen LogP contribution in [0.2, 0.25) is 0 Å². The Morgan fingerprint density at radius 1 is 1.47 bits per heavy atom. The van der Waals surface area contributed by atoms with Crippen molar-refractivity contribution >= 4 is 0 Å². The molecule has 0 bridgehead atoms. The Morgan fingerprint density at radius 3 is 3.00 bits per heavy atom. The SMILES string of the molecule is COCCNC(C)c1nnnn1CC1CCOCC1. The molecule has 7 heteroatoms. The van der Waals surface area contributed by atoms with Crippen molar-refractivity contribution in [2.75, 3.05) is 33.5 Å². The van der Waals surface area contributed by atoms with Gasteiger partial charge >= 0.3 is 0 Å². The van der Waals surface area contributed by atoms with Crippen LogP contribution in [0.25, 0.3) is 0 Å². The van der Waals surface area contributed by atoms with Crippen LogP contribution in [-0.2, 0) is 16.0 Å². The van der Waals surface area contributed by atoms with E-state index in [-0.39, 0.29) is 6.04 Å². The third-order valence-corrected chi connectivity index (χ3v) is 3.48. The molecule has 108 valence electrons. The molecule has 0 aromatic carbocycles. The van der Waals surface area contributed by atoms with Crippen LogP contribution in [0.3, 0.4) is 0 Å². The molecular weight excluding hydrogens is 246 g/mol. The van der Waals surface area contributed by atoms with Crippen LogP contribution in [0.15, 0.2) is 0 Å². The first-order chi connectivity index (χ1) is 9.31. The summed E-state index contributed by atoms with van der Waals surface area (Å²) < 4.78 is 12.3. The second kappa shape index (κ2) is 7.52. The van der Waals surface area contributed by atoms with E-state index in [9.17, 15) is 0 Å². The lowest BCUT2D eigenvalue weighted by atomic mass is 10.0. The number of tetrazole rings is 1. The van der Waals surface area contributed by atoms with Gasteiger partial charge in [0.05, 0.1) is 12.6 Å². The third kappa shape index (κ3) is 4.22. The molecule has 1 fully saturated rings. The lowest BCUT2D eigenvalue weighted by molar-refractivity contribution is 0.0595. The number of ether oxygens (including phenoxy) is 2. The number of methoxy groups -OCH3 is 1. The van der Waals surface area contributed by atoms with E-state index >= 15 is 0 Å². The van der Waals surface area contributed by atoms with Crippen molar-refractivity contribution in [2.24, 2.45) is 5.92 Å². The fraction of sp³-hybridized carbons (Fsp3) is 0.917. The number of hydrogen-bond acceptors (Lipinski definition) is 6. The molecule has 1 unspecified atom stereocenters. The van der Waals surface area contributed by atoms with Gasteiger partial charge in [-0.2, -0.15) is 0 Å². The Kier molecular flexibility index (Phi) is 5.68. The Bertz CT molecular complexity index is 365. The number of rotatable bonds is 7. The fourth-order valence-corrected chi connectivity index (χ4v) is 2.29. The second-order valence-electron chi connectivity index (χ2n) is 4.94. The third-order valence-electron chi connectivity index (χ3n) is 3.48. The van der Waals surface area contributed by atoms with Crippen LogP contribution in [-0.4, -0.2) is 53.7 Å². The van der Waals surface area contributed by atoms with E-state index in [0.29, 0.717) is 12.5 Å². The quantitative estimate of drug-likeness (QED) is 0.722. The smallest absolute Gasteiger partial charge is 0.167 e. The van der Waals surface area contributed by atoms with Crippen molar-refractivity contribution in [1.82, 2.24) is 25.5 Å². The predicted octanol–water partition coefficient (Wildman–Crippen LogP) is 0.397. The molecule has 19 heavy (non-hydrogen) atoms. The van der Waals surface area contributed by atoms with Crippen molar-refractivity contribution in [3.05, 3.63) is 5.82 Å². The first-order valence-corrected chi connectivity index (χ1v) is 6.87. The van der Waals surface area contributed by atoms with Crippen LogP contribution in [0.1, 0.15) is 31.6 Å². The summed E-state index contributed by atoms with van der Waals surface area (Å²) in [5, 5.41) is 15.4. The first kappa shape index (κ1) is 14.4. The summed E-state index contributed by atoms with van der Waals surface area (Å²) in [6, 6.07) is 0.130. The van der Waals surface area contributed by atoms with Crippen LogP contribution < -0.4 is 5.32 Å². The zero-order valence-corrected chi connectivity index (χ0v) is 11.7. The van der Waals surface area contributed by atoms with Gasteiger partial charge in [0.25, 0.3) is 0 Å². The second-order valence-corrected chi connectivity index (χ2v) is 4.94. The van der Waals surface area contributed by atoms with Crippen molar-refractivity contribution in [1.29, 1.82) is 0 Å². The Labute approximate surface area is 113 Å². The molecule has 1 saturated heterocycles. The average molecular weight is 269 g/mol. The van der Waals surface area contributed by atoms with Gasteiger partial charge in [0, 0.05) is 33.4 Å². The summed E-state index contributed by atoms with van der Waals surface area (Å²) >= 11 is 0. The molecule has 0 radical (unpaired) electrons. The summed E-state index contributed by atoms with van der Waals surface area (Å²) in [6.45, 7) is 6.13. The monoisotopic (exact) mass is 269 g/mol. The normalized spacial score (nSPS) is 18.6. The maximum Gasteiger partial charge on any atom is 0.167 e. The van der Waals surface area contributed by atoms with Gasteiger partial charge in [-0.3, -0.25) is 0 Å². The topological polar surface area (TPSA) is 74.1 Å². The molecule has 1 N–H and O–H groups in total. The summed E-state index contributed by atoms with van der Waals surface area (Å²) in [5.74, 6) is 1.50. The first-order valence-electron chi connectivity index (χ1n) is 6.87. The van der Waals surface area contributed by atoms with Crippen molar-refractivity contribution in [3.63, 3.8) is 0 Å². The minimum atomic E-state index is 0.130. The van der Waals surface area contributed by atoms with Crippen LogP contribution >= 0.6 is 0 Å². The lowest BCUT2D eigenvalue weighted by Crippen LogP contribution is -2.28. The van der Waals surface area contributed by atoms with E-state index in [0.717, 1.165) is 45.0 Å². The van der Waals surface area contributed by atoms with Crippen molar-refractivity contribution < 1.29 is 9.47 Å². The Morgan fingerprint density at radius 2 is 2.26 bits per heavy atom. The molecule has 0 aliphatic carbocycles. The van der Waals surface area contributed by atoms with E-state index in [1.165, 1.54) is 0 Å². The number of hydrogen-bond donors (Lipinski definition) is 1. The number of aromatic nitrogens is 4. The molecule has 1 atom stereocenters. The van der Waals surface area contributed by atoms with E-state index in [1.807, 2.05) is 4.68 Å². The van der Waals surface area contributed by atoms with Gasteiger partial charge in [-0.25, -0.2) is 4.68 Å². The predicted molar refractivity (Wildman–Crippen MR) is 69.7 cm³/mol. The maximum absolute atomic E-state index is 5.37. The Balaban J connectivity index is 1.88. The van der Waals surface area contributed by atoms with E-state index < -0.39 is 0 Å². The van der Waals surface area contributed by atoms with E-state index in [4.69, 9.17) is 9.47 Å². The maximum atomic E-state index is 5.37. The zero-order chi connectivity index (χ0) is 13.5. The van der Waals surface area contributed by atoms with E-state index in [1.54, 1.807) is 7.11 Å². The van der Waals surface area contributed by atoms with Crippen LogP contribution in [0.4, 0.5) is 0 Å². The summed E-state index contributed by atoms with van der Waals surface area (Å²) in [6.07, 6.45) is 2.18. The molecular formula is C12H23N5O2. The highest BCUT2D eigenvalue weighted by Gasteiger charge is 2.19. The van der Waals surface area contributed by atoms with Crippen molar-refractivity contribution in [3.8, 4) is 0 Å². The highest BCUT2D eigenvalue weighted by Crippen LogP contribution is 2.18. The van der Waals surface area contributed by atoms with Gasteiger partial charge < -0.3 is 14.8 Å². The molecule has 1 aromatic rings. The zero-order valence-electron chi connectivity index (χ0n) is 11.7. The number of nitrogens with one attached hydrogen (secondary N) is 1. The van der Waals surface area contributed by atoms with Crippen LogP contribution in [0.5, 0.6) is 0 Å². The highest BCUT2D eigenvalue weighted by atomic mass is 16.5. The molecule has 2 rings (SSSR count). The van der Waals surface area contributed by atoms with Gasteiger partial charge in [-0.05, 0) is 36.1 Å². The number of nitrogens with zero attached hydrogens (tertiary/aromatic N) is 4. The van der Waals surface area contributed by atoms with Crippen molar-refractivity contribution in [2.45, 2.75) is 32.4 Å². The lowest BCUT2D eigenvalue weighted by Gasteiger charge is -2.22. The molecule has 1 aliphatic rings. The minimum Gasteiger partial charge on any atom is -0.383 e. The standard InChI is InChI=1S/C12H23N5O2/c1-10(13-5-8-18-2)12-14-15-16-17(12)9-11-3-6-19-7-4-11/h10-11,13H,3-9H2,1-2H3. The average Bonchev–Trinajstić information content (AvgIpc) is 2.88. The van der Waals surface area contributed by atoms with Gasteiger partial charge in [-0.15, -0.1) is 5.10 Å². The van der Waals surface area contributed by atoms with Gasteiger partial charge in [0.2, 0.25) is 0 Å². The summed E-state index contributed by atoms with van der Waals surface area (Å²) in [7, 11) is 1.70. The van der Waals surface area contributed by atoms with Gasteiger partial charge in [0.1, 0.15) is 0 Å². The molecule has 1 aliphatic heterocycles. The minimum absolute atomic E-state index is 0.130. The summed E-state index contributed by atoms with van der Waals surface area (Å²) in [4.78, 5) is 0. The molecule has 2 heterocycles. The van der Waals surface area contributed by atoms with Gasteiger partial charge in [-0.1, -0.05) is 0 Å². The van der Waals surface area contributed by atoms with E-state index in [2.05, 4.69) is 27.8 Å².